The van der Waals surface area contributed by atoms with Gasteiger partial charge in [0, 0.05) is 6.04 Å². The molecule has 5 nitrogen and oxygen atoms in total. The maximum Gasteiger partial charge on any atom is 0.326 e. The fourth-order valence-electron chi connectivity index (χ4n) is 2.69. The van der Waals surface area contributed by atoms with Crippen LogP contribution >= 0.6 is 0 Å². The highest BCUT2D eigenvalue weighted by Gasteiger charge is 2.45. The molecular weight excluding hydrogens is 234 g/mol. The number of rotatable bonds is 4. The summed E-state index contributed by atoms with van der Waals surface area (Å²) in [7, 11) is 0. The van der Waals surface area contributed by atoms with E-state index >= 15 is 0 Å². The molecule has 0 radical (unpaired) electrons. The summed E-state index contributed by atoms with van der Waals surface area (Å²) in [6.07, 6.45) is 2.27. The number of aliphatic carboxylic acids is 1. The minimum atomic E-state index is -0.950. The number of carbonyl (C=O) groups excluding carboxylic acids is 1. The average Bonchev–Trinajstić information content (AvgIpc) is 3.04. The second-order valence-electron chi connectivity index (χ2n) is 5.57. The van der Waals surface area contributed by atoms with E-state index in [-0.39, 0.29) is 24.0 Å². The molecule has 1 amide bonds. The number of amides is 1. The number of carboxylic acid groups (broad SMARTS) is 1. The molecular formula is C13H21NO4. The minimum absolute atomic E-state index is 0.0788. The lowest BCUT2D eigenvalue weighted by Crippen LogP contribution is -2.50. The first-order chi connectivity index (χ1) is 8.41. The van der Waals surface area contributed by atoms with Crippen LogP contribution in [0.15, 0.2) is 0 Å². The summed E-state index contributed by atoms with van der Waals surface area (Å²) in [6.45, 7) is 5.51. The quantitative estimate of drug-likeness (QED) is 0.821. The summed E-state index contributed by atoms with van der Waals surface area (Å²) in [5.41, 5.74) is 0. The Kier molecular flexibility index (Phi) is 3.61. The van der Waals surface area contributed by atoms with Crippen molar-refractivity contribution in [3.8, 4) is 0 Å². The van der Waals surface area contributed by atoms with Crippen molar-refractivity contribution in [2.24, 2.45) is 5.92 Å². The van der Waals surface area contributed by atoms with E-state index in [0.29, 0.717) is 0 Å². The lowest BCUT2D eigenvalue weighted by molar-refractivity contribution is -0.156. The summed E-state index contributed by atoms with van der Waals surface area (Å²) in [5, 5.41) is 9.10. The topological polar surface area (TPSA) is 66.8 Å². The second-order valence-corrected chi connectivity index (χ2v) is 5.57. The average molecular weight is 255 g/mol. The molecule has 5 heteroatoms. The monoisotopic (exact) mass is 255 g/mol. The van der Waals surface area contributed by atoms with Gasteiger partial charge in [-0.3, -0.25) is 4.79 Å². The summed E-state index contributed by atoms with van der Waals surface area (Å²) < 4.78 is 5.64. The van der Waals surface area contributed by atoms with Gasteiger partial charge in [0.25, 0.3) is 5.91 Å². The van der Waals surface area contributed by atoms with Gasteiger partial charge in [-0.15, -0.1) is 0 Å². The van der Waals surface area contributed by atoms with Gasteiger partial charge in [-0.05, 0) is 39.0 Å². The molecule has 0 bridgehead atoms. The van der Waals surface area contributed by atoms with Crippen molar-refractivity contribution in [2.75, 3.05) is 0 Å². The Morgan fingerprint density at radius 2 is 1.94 bits per heavy atom. The third-order valence-corrected chi connectivity index (χ3v) is 3.81. The predicted octanol–water partition coefficient (Wildman–Crippen LogP) is 1.26. The normalized spacial score (nSPS) is 33.2. The van der Waals surface area contributed by atoms with E-state index in [1.54, 1.807) is 6.92 Å². The van der Waals surface area contributed by atoms with Gasteiger partial charge in [-0.1, -0.05) is 6.92 Å². The minimum Gasteiger partial charge on any atom is -0.480 e. The zero-order valence-corrected chi connectivity index (χ0v) is 11.1. The fourth-order valence-corrected chi connectivity index (χ4v) is 2.69. The van der Waals surface area contributed by atoms with Crippen molar-refractivity contribution in [3.63, 3.8) is 0 Å². The second kappa shape index (κ2) is 4.88. The van der Waals surface area contributed by atoms with Crippen LogP contribution in [0.1, 0.15) is 40.0 Å². The Balaban J connectivity index is 2.11. The number of ether oxygens (including phenoxy) is 1. The van der Waals surface area contributed by atoms with Crippen molar-refractivity contribution in [2.45, 2.75) is 64.3 Å². The van der Waals surface area contributed by atoms with Gasteiger partial charge in [0.15, 0.2) is 0 Å². The largest absolute Gasteiger partial charge is 0.480 e. The Hall–Kier alpha value is -1.10. The van der Waals surface area contributed by atoms with E-state index in [2.05, 4.69) is 0 Å². The molecule has 1 aliphatic heterocycles. The molecule has 4 unspecified atom stereocenters. The lowest BCUT2D eigenvalue weighted by atomic mass is 10.0. The Bertz CT molecular complexity index is 353. The van der Waals surface area contributed by atoms with Crippen LogP contribution < -0.4 is 0 Å². The molecule has 1 saturated heterocycles. The molecule has 1 heterocycles. The Labute approximate surface area is 107 Å². The van der Waals surface area contributed by atoms with Crippen molar-refractivity contribution in [3.05, 3.63) is 0 Å². The highest BCUT2D eigenvalue weighted by atomic mass is 16.5. The van der Waals surface area contributed by atoms with Gasteiger partial charge in [0.2, 0.25) is 0 Å². The zero-order chi connectivity index (χ0) is 13.4. The fraction of sp³-hybridized carbons (Fsp3) is 0.846. The zero-order valence-electron chi connectivity index (χ0n) is 11.1. The van der Waals surface area contributed by atoms with Gasteiger partial charge in [0.05, 0.1) is 6.10 Å². The summed E-state index contributed by atoms with van der Waals surface area (Å²) in [6, 6.07) is -0.674. The van der Waals surface area contributed by atoms with E-state index in [0.717, 1.165) is 19.3 Å². The molecule has 1 saturated carbocycles. The van der Waals surface area contributed by atoms with Crippen LogP contribution in [-0.4, -0.2) is 46.2 Å². The lowest BCUT2D eigenvalue weighted by Gasteiger charge is -2.30. The SMILES string of the molecule is CC1CC(C)C(C(=O)N(C2CC2)C(C)C(=O)O)O1. The molecule has 2 rings (SSSR count). The molecule has 0 spiro atoms. The van der Waals surface area contributed by atoms with Gasteiger partial charge in [0.1, 0.15) is 12.1 Å². The van der Waals surface area contributed by atoms with Gasteiger partial charge >= 0.3 is 5.97 Å². The van der Waals surface area contributed by atoms with Crippen molar-refractivity contribution in [1.29, 1.82) is 0 Å². The predicted molar refractivity (Wildman–Crippen MR) is 65.1 cm³/mol. The van der Waals surface area contributed by atoms with Crippen LogP contribution in [0.25, 0.3) is 0 Å². The van der Waals surface area contributed by atoms with Crippen molar-refractivity contribution in [1.82, 2.24) is 4.90 Å². The Morgan fingerprint density at radius 3 is 2.33 bits per heavy atom. The highest BCUT2D eigenvalue weighted by molar-refractivity contribution is 5.87. The molecule has 0 aromatic rings. The van der Waals surface area contributed by atoms with Crippen LogP contribution in [0.2, 0.25) is 0 Å². The van der Waals surface area contributed by atoms with E-state index in [9.17, 15) is 9.59 Å². The summed E-state index contributed by atoms with van der Waals surface area (Å²) >= 11 is 0. The maximum absolute atomic E-state index is 12.5. The smallest absolute Gasteiger partial charge is 0.326 e. The van der Waals surface area contributed by atoms with Crippen molar-refractivity contribution >= 4 is 11.9 Å². The Morgan fingerprint density at radius 1 is 1.33 bits per heavy atom. The van der Waals surface area contributed by atoms with Crippen LogP contribution in [0.5, 0.6) is 0 Å². The van der Waals surface area contributed by atoms with Crippen LogP contribution in [-0.2, 0) is 14.3 Å². The van der Waals surface area contributed by atoms with Gasteiger partial charge in [-0.25, -0.2) is 4.79 Å². The molecule has 102 valence electrons. The van der Waals surface area contributed by atoms with Gasteiger partial charge in [-0.2, -0.15) is 0 Å². The first-order valence-electron chi connectivity index (χ1n) is 6.62. The van der Waals surface area contributed by atoms with Crippen molar-refractivity contribution < 1.29 is 19.4 Å². The number of carbonyl (C=O) groups is 2. The van der Waals surface area contributed by atoms with Gasteiger partial charge < -0.3 is 14.7 Å². The number of nitrogens with zero attached hydrogens (tertiary/aromatic N) is 1. The molecule has 1 aliphatic carbocycles. The molecule has 2 fully saturated rings. The molecule has 0 aromatic carbocycles. The van der Waals surface area contributed by atoms with Crippen LogP contribution in [0.4, 0.5) is 0 Å². The summed E-state index contributed by atoms with van der Waals surface area (Å²) in [4.78, 5) is 25.1. The molecule has 4 atom stereocenters. The van der Waals surface area contributed by atoms with E-state index in [4.69, 9.17) is 9.84 Å². The molecule has 18 heavy (non-hydrogen) atoms. The van der Waals surface area contributed by atoms with E-state index < -0.39 is 18.1 Å². The number of hydrogen-bond acceptors (Lipinski definition) is 3. The first-order valence-corrected chi connectivity index (χ1v) is 6.62. The third kappa shape index (κ3) is 2.51. The number of carboxylic acids is 1. The third-order valence-electron chi connectivity index (χ3n) is 3.81. The maximum atomic E-state index is 12.5. The molecule has 0 aromatic heterocycles. The number of hydrogen-bond donors (Lipinski definition) is 1. The first kappa shape index (κ1) is 13.3. The molecule has 1 N–H and O–H groups in total. The van der Waals surface area contributed by atoms with Crippen LogP contribution in [0.3, 0.4) is 0 Å². The highest BCUT2D eigenvalue weighted by Crippen LogP contribution is 2.33. The standard InChI is InChI=1S/C13H21NO4/c1-7-6-8(2)18-11(7)12(15)14(10-4-5-10)9(3)13(16)17/h7-11H,4-6H2,1-3H3,(H,16,17). The summed E-state index contributed by atoms with van der Waals surface area (Å²) in [5.74, 6) is -0.937. The van der Waals surface area contributed by atoms with E-state index in [1.165, 1.54) is 4.90 Å². The molecule has 2 aliphatic rings. The van der Waals surface area contributed by atoms with E-state index in [1.807, 2.05) is 13.8 Å². The van der Waals surface area contributed by atoms with Crippen LogP contribution in [0, 0.1) is 5.92 Å².